The summed E-state index contributed by atoms with van der Waals surface area (Å²) in [5.41, 5.74) is -6.05. The summed E-state index contributed by atoms with van der Waals surface area (Å²) >= 11 is 0. The Kier molecular flexibility index (Phi) is 7.35. The van der Waals surface area contributed by atoms with E-state index >= 15 is 0 Å². The molecule has 0 unspecified atom stereocenters. The lowest BCUT2D eigenvalue weighted by Crippen LogP contribution is -2.53. The maximum atomic E-state index is 13.1. The second-order valence-corrected chi connectivity index (χ2v) is 7.53. The van der Waals surface area contributed by atoms with Gasteiger partial charge in [0.25, 0.3) is 11.5 Å². The Bertz CT molecular complexity index is 912. The summed E-state index contributed by atoms with van der Waals surface area (Å²) in [5, 5.41) is 9.54. The van der Waals surface area contributed by atoms with Gasteiger partial charge in [-0.15, -0.1) is 0 Å². The first-order valence-electron chi connectivity index (χ1n) is 10.1. The topological polar surface area (TPSA) is 53.0 Å². The van der Waals surface area contributed by atoms with Crippen molar-refractivity contribution in [1.82, 2.24) is 4.90 Å². The molecule has 1 aliphatic rings. The van der Waals surface area contributed by atoms with Crippen LogP contribution in [0.2, 0.25) is 0 Å². The molecule has 1 N–H and O–H groups in total. The number of anilines is 1. The SMILES string of the molecule is O=C(c1ccc(C(O)(C(F)(F)F)C(F)(F)F)cc1)N(CCN1CCOCC1)c1ccccc1. The third-order valence-corrected chi connectivity index (χ3v) is 5.43. The Balaban J connectivity index is 1.87. The van der Waals surface area contributed by atoms with Crippen molar-refractivity contribution in [2.24, 2.45) is 0 Å². The molecule has 0 atom stereocenters. The van der Waals surface area contributed by atoms with Crippen LogP contribution in [0.25, 0.3) is 0 Å². The minimum atomic E-state index is -6.00. The summed E-state index contributed by atoms with van der Waals surface area (Å²) < 4.78 is 84.0. The third kappa shape index (κ3) is 5.31. The maximum absolute atomic E-state index is 13.1. The molecule has 0 radical (unpaired) electrons. The molecule has 2 aromatic rings. The highest BCUT2D eigenvalue weighted by molar-refractivity contribution is 6.06. The highest BCUT2D eigenvalue weighted by Crippen LogP contribution is 2.49. The molecule has 1 aliphatic heterocycles. The van der Waals surface area contributed by atoms with Crippen LogP contribution in [0.15, 0.2) is 54.6 Å². The van der Waals surface area contributed by atoms with E-state index in [9.17, 15) is 36.2 Å². The number of nitrogens with zero attached hydrogens (tertiary/aromatic N) is 2. The van der Waals surface area contributed by atoms with Crippen LogP contribution in [-0.2, 0) is 10.3 Å². The summed E-state index contributed by atoms with van der Waals surface area (Å²) in [5.74, 6) is -0.594. The van der Waals surface area contributed by atoms with Crippen molar-refractivity contribution in [3.05, 3.63) is 65.7 Å². The number of hydrogen-bond donors (Lipinski definition) is 1. The standard InChI is InChI=1S/C22H22F6N2O3/c23-21(24,25)20(32,22(26,27)28)17-8-6-16(7-9-17)19(31)30(18-4-2-1-3-5-18)11-10-29-12-14-33-15-13-29/h1-9,32H,10-15H2. The van der Waals surface area contributed by atoms with Crippen molar-refractivity contribution in [3.8, 4) is 0 Å². The van der Waals surface area contributed by atoms with Crippen molar-refractivity contribution in [3.63, 3.8) is 0 Å². The van der Waals surface area contributed by atoms with Gasteiger partial charge in [-0.2, -0.15) is 26.3 Å². The zero-order chi connectivity index (χ0) is 24.3. The number of ether oxygens (including phenoxy) is 1. The molecule has 180 valence electrons. The van der Waals surface area contributed by atoms with Gasteiger partial charge in [-0.05, 0) is 24.3 Å². The first-order chi connectivity index (χ1) is 15.4. The van der Waals surface area contributed by atoms with Gasteiger partial charge >= 0.3 is 12.4 Å². The van der Waals surface area contributed by atoms with Crippen molar-refractivity contribution in [1.29, 1.82) is 0 Å². The molecule has 0 aliphatic carbocycles. The number of carbonyl (C=O) groups is 1. The first-order valence-corrected chi connectivity index (χ1v) is 10.1. The minimum absolute atomic E-state index is 0.115. The maximum Gasteiger partial charge on any atom is 0.430 e. The van der Waals surface area contributed by atoms with E-state index in [-0.39, 0.29) is 12.1 Å². The van der Waals surface area contributed by atoms with Crippen LogP contribution in [0.4, 0.5) is 32.0 Å². The monoisotopic (exact) mass is 476 g/mol. The van der Waals surface area contributed by atoms with Gasteiger partial charge in [-0.3, -0.25) is 9.69 Å². The van der Waals surface area contributed by atoms with E-state index in [1.54, 1.807) is 30.3 Å². The summed E-state index contributed by atoms with van der Waals surface area (Å²) in [7, 11) is 0. The highest BCUT2D eigenvalue weighted by atomic mass is 19.4. The van der Waals surface area contributed by atoms with Crippen molar-refractivity contribution < 1.29 is 41.0 Å². The lowest BCUT2D eigenvalue weighted by Gasteiger charge is -2.33. The molecule has 1 amide bonds. The number of halogens is 6. The van der Waals surface area contributed by atoms with E-state index in [0.717, 1.165) is 12.1 Å². The highest BCUT2D eigenvalue weighted by Gasteiger charge is 2.71. The smallest absolute Gasteiger partial charge is 0.379 e. The van der Waals surface area contributed by atoms with Crippen LogP contribution in [0, 0.1) is 0 Å². The fourth-order valence-corrected chi connectivity index (χ4v) is 3.52. The number of benzene rings is 2. The van der Waals surface area contributed by atoms with Crippen LogP contribution >= 0.6 is 0 Å². The largest absolute Gasteiger partial charge is 0.430 e. The number of alkyl halides is 6. The number of carbonyl (C=O) groups excluding carboxylic acids is 1. The number of rotatable bonds is 6. The summed E-state index contributed by atoms with van der Waals surface area (Å²) in [6.45, 7) is 3.23. The van der Waals surface area contributed by atoms with Crippen LogP contribution in [0.1, 0.15) is 15.9 Å². The van der Waals surface area contributed by atoms with Crippen LogP contribution in [-0.4, -0.2) is 67.7 Å². The molecule has 1 fully saturated rings. The summed E-state index contributed by atoms with van der Waals surface area (Å²) in [6.07, 6.45) is -12.0. The average molecular weight is 476 g/mol. The Morgan fingerprint density at radius 2 is 1.45 bits per heavy atom. The number of para-hydroxylation sites is 1. The van der Waals surface area contributed by atoms with Crippen molar-refractivity contribution >= 4 is 11.6 Å². The van der Waals surface area contributed by atoms with Gasteiger partial charge < -0.3 is 14.7 Å². The molecule has 0 spiro atoms. The molecule has 33 heavy (non-hydrogen) atoms. The zero-order valence-corrected chi connectivity index (χ0v) is 17.4. The molecule has 5 nitrogen and oxygen atoms in total. The van der Waals surface area contributed by atoms with E-state index in [2.05, 4.69) is 4.90 Å². The predicted octanol–water partition coefficient (Wildman–Crippen LogP) is 3.98. The normalized spacial score (nSPS) is 16.0. The number of amides is 1. The van der Waals surface area contributed by atoms with E-state index in [1.165, 1.54) is 4.90 Å². The lowest BCUT2D eigenvalue weighted by molar-refractivity contribution is -0.376. The number of morpholine rings is 1. The second kappa shape index (κ2) is 9.70. The van der Waals surface area contributed by atoms with Gasteiger partial charge in [0.15, 0.2) is 0 Å². The number of aliphatic hydroxyl groups is 1. The molecular weight excluding hydrogens is 454 g/mol. The molecule has 1 heterocycles. The van der Waals surface area contributed by atoms with Crippen molar-refractivity contribution in [2.75, 3.05) is 44.3 Å². The van der Waals surface area contributed by atoms with Crippen LogP contribution in [0.5, 0.6) is 0 Å². The Morgan fingerprint density at radius 1 is 0.909 bits per heavy atom. The van der Waals surface area contributed by atoms with Gasteiger partial charge in [0.2, 0.25) is 0 Å². The quantitative estimate of drug-likeness (QED) is 0.641. The molecule has 3 rings (SSSR count). The predicted molar refractivity (Wildman–Crippen MR) is 108 cm³/mol. The minimum Gasteiger partial charge on any atom is -0.379 e. The molecule has 0 bridgehead atoms. The average Bonchev–Trinajstić information content (AvgIpc) is 2.78. The van der Waals surface area contributed by atoms with Gasteiger partial charge in [-0.25, -0.2) is 0 Å². The van der Waals surface area contributed by atoms with Crippen LogP contribution < -0.4 is 4.90 Å². The van der Waals surface area contributed by atoms with Gasteiger partial charge in [0, 0.05) is 43.0 Å². The van der Waals surface area contributed by atoms with Gasteiger partial charge in [-0.1, -0.05) is 30.3 Å². The summed E-state index contributed by atoms with van der Waals surface area (Å²) in [6, 6.07) is 11.2. The zero-order valence-electron chi connectivity index (χ0n) is 17.4. The lowest BCUT2D eigenvalue weighted by atomic mass is 9.91. The van der Waals surface area contributed by atoms with Crippen LogP contribution in [0.3, 0.4) is 0 Å². The van der Waals surface area contributed by atoms with E-state index < -0.39 is 29.4 Å². The molecule has 11 heteroatoms. The Morgan fingerprint density at radius 3 is 1.97 bits per heavy atom. The van der Waals surface area contributed by atoms with Gasteiger partial charge in [0.05, 0.1) is 13.2 Å². The van der Waals surface area contributed by atoms with E-state index in [0.29, 0.717) is 50.7 Å². The fourth-order valence-electron chi connectivity index (χ4n) is 3.52. The fraction of sp³-hybridized carbons (Fsp3) is 0.409. The van der Waals surface area contributed by atoms with E-state index in [4.69, 9.17) is 4.74 Å². The molecule has 0 saturated carbocycles. The second-order valence-electron chi connectivity index (χ2n) is 7.53. The van der Waals surface area contributed by atoms with E-state index in [1.807, 2.05) is 0 Å². The molecule has 0 aromatic heterocycles. The summed E-state index contributed by atoms with van der Waals surface area (Å²) in [4.78, 5) is 16.6. The number of hydrogen-bond acceptors (Lipinski definition) is 4. The Labute approximate surface area is 186 Å². The Hall–Kier alpha value is -2.63. The molecule has 2 aromatic carbocycles. The third-order valence-electron chi connectivity index (χ3n) is 5.43. The first kappa shape index (κ1) is 25.0. The van der Waals surface area contributed by atoms with Gasteiger partial charge in [0.1, 0.15) is 0 Å². The molecule has 1 saturated heterocycles. The van der Waals surface area contributed by atoms with Crippen molar-refractivity contribution in [2.45, 2.75) is 18.0 Å². The molecular formula is C22H22F6N2O3.